The van der Waals surface area contributed by atoms with Gasteiger partial charge in [-0.1, -0.05) is 36.2 Å². The summed E-state index contributed by atoms with van der Waals surface area (Å²) >= 11 is 6.14. The monoisotopic (exact) mass is 452 g/mol. The molecule has 2 atom stereocenters. The smallest absolute Gasteiger partial charge is 0.224 e. The summed E-state index contributed by atoms with van der Waals surface area (Å²) in [5.74, 6) is 1.48. The molecule has 2 heterocycles. The summed E-state index contributed by atoms with van der Waals surface area (Å²) in [5, 5.41) is 3.79. The molecule has 5 rings (SSSR count). The average Bonchev–Trinajstić information content (AvgIpc) is 2.77. The van der Waals surface area contributed by atoms with Gasteiger partial charge in [0.15, 0.2) is 0 Å². The van der Waals surface area contributed by atoms with Crippen molar-refractivity contribution in [3.05, 3.63) is 58.6 Å². The normalized spacial score (nSPS) is 24.9. The van der Waals surface area contributed by atoms with Crippen LogP contribution in [0.25, 0.3) is 0 Å². The zero-order chi connectivity index (χ0) is 22.1. The molecule has 2 aromatic rings. The molecule has 2 fully saturated rings. The van der Waals surface area contributed by atoms with Gasteiger partial charge in [0.05, 0.1) is 6.61 Å². The Balaban J connectivity index is 1.21. The Labute approximate surface area is 196 Å². The van der Waals surface area contributed by atoms with E-state index < -0.39 is 0 Å². The van der Waals surface area contributed by atoms with Crippen LogP contribution in [0.1, 0.15) is 56.6 Å². The first-order valence-corrected chi connectivity index (χ1v) is 12.4. The summed E-state index contributed by atoms with van der Waals surface area (Å²) in [5.41, 5.74) is 3.82. The van der Waals surface area contributed by atoms with Crippen LogP contribution in [-0.4, -0.2) is 36.5 Å². The van der Waals surface area contributed by atoms with Crippen LogP contribution in [0.2, 0.25) is 5.02 Å². The number of halogens is 1. The number of aryl methyl sites for hydroxylation is 1. The number of carbonyl (C=O) groups excluding carboxylic acids is 1. The van der Waals surface area contributed by atoms with E-state index in [2.05, 4.69) is 35.3 Å². The molecule has 0 radical (unpaired) electrons. The first kappa shape index (κ1) is 21.8. The second-order valence-electron chi connectivity index (χ2n) is 10.0. The van der Waals surface area contributed by atoms with Gasteiger partial charge in [0.1, 0.15) is 5.75 Å². The number of fused-ring (bicyclic) bond motifs is 1. The minimum Gasteiger partial charge on any atom is -0.493 e. The summed E-state index contributed by atoms with van der Waals surface area (Å²) in [6.45, 7) is 5.30. The third-order valence-corrected chi connectivity index (χ3v) is 8.10. The fraction of sp³-hybridized carbons (Fsp3) is 0.519. The number of anilines is 1. The van der Waals surface area contributed by atoms with Crippen molar-refractivity contribution < 1.29 is 9.53 Å². The van der Waals surface area contributed by atoms with Gasteiger partial charge in [0.25, 0.3) is 0 Å². The van der Waals surface area contributed by atoms with Gasteiger partial charge in [0.2, 0.25) is 5.91 Å². The number of likely N-dealkylation sites (tertiary alicyclic amines) is 1. The number of hydrogen-bond acceptors (Lipinski definition) is 3. The van der Waals surface area contributed by atoms with Crippen LogP contribution < -0.4 is 10.1 Å². The fourth-order valence-electron chi connectivity index (χ4n) is 5.61. The summed E-state index contributed by atoms with van der Waals surface area (Å²) in [6, 6.07) is 15.3. The van der Waals surface area contributed by atoms with Gasteiger partial charge in [-0.05, 0) is 68.4 Å². The van der Waals surface area contributed by atoms with E-state index in [1.165, 1.54) is 43.2 Å². The van der Waals surface area contributed by atoms with E-state index in [1.807, 2.05) is 24.3 Å². The Kier molecular flexibility index (Phi) is 6.18. The molecule has 4 nitrogen and oxygen atoms in total. The van der Waals surface area contributed by atoms with E-state index in [0.717, 1.165) is 42.6 Å². The lowest BCUT2D eigenvalue weighted by Gasteiger charge is -2.49. The maximum Gasteiger partial charge on any atom is 0.224 e. The SMILES string of the molecule is CC1CCC(COc2ccc3c(c2)NC(=O)CC3)CN1CC1(c2ccc(Cl)cc2)CCC1. The third kappa shape index (κ3) is 4.53. The van der Waals surface area contributed by atoms with Crippen molar-refractivity contribution in [2.75, 3.05) is 25.0 Å². The predicted molar refractivity (Wildman–Crippen MR) is 130 cm³/mol. The van der Waals surface area contributed by atoms with Crippen LogP contribution in [0.5, 0.6) is 5.75 Å². The van der Waals surface area contributed by atoms with E-state index in [-0.39, 0.29) is 11.3 Å². The molecule has 1 saturated carbocycles. The Morgan fingerprint density at radius 3 is 2.69 bits per heavy atom. The second kappa shape index (κ2) is 9.07. The highest BCUT2D eigenvalue weighted by Crippen LogP contribution is 2.45. The quantitative estimate of drug-likeness (QED) is 0.599. The van der Waals surface area contributed by atoms with E-state index in [1.54, 1.807) is 0 Å². The molecule has 0 aromatic heterocycles. The molecule has 1 N–H and O–H groups in total. The molecule has 32 heavy (non-hydrogen) atoms. The van der Waals surface area contributed by atoms with Crippen LogP contribution in [0.15, 0.2) is 42.5 Å². The highest BCUT2D eigenvalue weighted by atomic mass is 35.5. The number of nitrogens with zero attached hydrogens (tertiary/aromatic N) is 1. The number of benzene rings is 2. The largest absolute Gasteiger partial charge is 0.493 e. The van der Waals surface area contributed by atoms with Crippen LogP contribution in [0.4, 0.5) is 5.69 Å². The van der Waals surface area contributed by atoms with Crippen molar-refractivity contribution in [1.29, 1.82) is 0 Å². The van der Waals surface area contributed by atoms with Gasteiger partial charge >= 0.3 is 0 Å². The Morgan fingerprint density at radius 2 is 1.94 bits per heavy atom. The molecule has 2 unspecified atom stereocenters. The first-order chi connectivity index (χ1) is 15.5. The summed E-state index contributed by atoms with van der Waals surface area (Å²) in [6.07, 6.45) is 7.64. The van der Waals surface area contributed by atoms with Gasteiger partial charge in [-0.2, -0.15) is 0 Å². The second-order valence-corrected chi connectivity index (χ2v) is 10.5. The topological polar surface area (TPSA) is 41.6 Å². The summed E-state index contributed by atoms with van der Waals surface area (Å²) < 4.78 is 6.21. The van der Waals surface area contributed by atoms with Gasteiger partial charge < -0.3 is 10.1 Å². The van der Waals surface area contributed by atoms with Crippen molar-refractivity contribution in [1.82, 2.24) is 4.90 Å². The molecule has 1 aliphatic carbocycles. The lowest BCUT2D eigenvalue weighted by atomic mass is 9.64. The molecular formula is C27H33ClN2O2. The van der Waals surface area contributed by atoms with Gasteiger partial charge in [-0.3, -0.25) is 9.69 Å². The maximum absolute atomic E-state index is 11.7. The van der Waals surface area contributed by atoms with Crippen molar-refractivity contribution in [2.24, 2.45) is 5.92 Å². The van der Waals surface area contributed by atoms with Gasteiger partial charge in [-0.15, -0.1) is 0 Å². The minimum atomic E-state index is 0.0946. The van der Waals surface area contributed by atoms with Crippen LogP contribution >= 0.6 is 11.6 Å². The van der Waals surface area contributed by atoms with E-state index >= 15 is 0 Å². The number of rotatable bonds is 6. The van der Waals surface area contributed by atoms with Gasteiger partial charge in [0, 0.05) is 53.7 Å². The van der Waals surface area contributed by atoms with Crippen molar-refractivity contribution in [3.63, 3.8) is 0 Å². The molecule has 1 amide bonds. The first-order valence-electron chi connectivity index (χ1n) is 12.1. The number of nitrogens with one attached hydrogen (secondary N) is 1. The van der Waals surface area contributed by atoms with Crippen LogP contribution in [0.3, 0.4) is 0 Å². The van der Waals surface area contributed by atoms with Crippen molar-refractivity contribution >= 4 is 23.2 Å². The highest BCUT2D eigenvalue weighted by Gasteiger charge is 2.42. The average molecular weight is 453 g/mol. The lowest BCUT2D eigenvalue weighted by Crippen LogP contribution is -2.52. The molecule has 2 aliphatic heterocycles. The number of amides is 1. The number of hydrogen-bond donors (Lipinski definition) is 1. The molecule has 0 spiro atoms. The van der Waals surface area contributed by atoms with E-state index in [9.17, 15) is 4.79 Å². The van der Waals surface area contributed by atoms with Crippen LogP contribution in [0, 0.1) is 5.92 Å². The maximum atomic E-state index is 11.7. The third-order valence-electron chi connectivity index (χ3n) is 7.84. The zero-order valence-corrected chi connectivity index (χ0v) is 19.7. The molecular weight excluding hydrogens is 420 g/mol. The minimum absolute atomic E-state index is 0.0946. The standard InChI is InChI=1S/C27H33ClN2O2/c1-19-3-4-20(17-32-24-11-5-21-6-12-26(31)29-25(21)15-24)16-30(19)18-27(13-2-14-27)22-7-9-23(28)10-8-22/h5,7-11,15,19-20H,2-4,6,12-14,16-18H2,1H3,(H,29,31). The molecule has 5 heteroatoms. The number of ether oxygens (including phenoxy) is 1. The number of carbonyl (C=O) groups is 1. The Bertz CT molecular complexity index is 970. The Hall–Kier alpha value is -2.04. The fourth-order valence-corrected chi connectivity index (χ4v) is 5.73. The zero-order valence-electron chi connectivity index (χ0n) is 18.9. The van der Waals surface area contributed by atoms with Crippen molar-refractivity contribution in [3.8, 4) is 5.75 Å². The predicted octanol–water partition coefficient (Wildman–Crippen LogP) is 5.83. The molecule has 0 bridgehead atoms. The number of piperidine rings is 1. The van der Waals surface area contributed by atoms with Crippen LogP contribution in [-0.2, 0) is 16.6 Å². The Morgan fingerprint density at radius 1 is 1.12 bits per heavy atom. The summed E-state index contributed by atoms with van der Waals surface area (Å²) in [4.78, 5) is 14.4. The van der Waals surface area contributed by atoms with Gasteiger partial charge in [-0.25, -0.2) is 0 Å². The van der Waals surface area contributed by atoms with Crippen molar-refractivity contribution in [2.45, 2.75) is 63.3 Å². The van der Waals surface area contributed by atoms with E-state index in [4.69, 9.17) is 16.3 Å². The molecule has 3 aliphatic rings. The molecule has 2 aromatic carbocycles. The molecule has 1 saturated heterocycles. The summed E-state index contributed by atoms with van der Waals surface area (Å²) in [7, 11) is 0. The lowest BCUT2D eigenvalue weighted by molar-refractivity contribution is -0.116. The highest BCUT2D eigenvalue weighted by molar-refractivity contribution is 6.30. The molecule has 170 valence electrons. The van der Waals surface area contributed by atoms with E-state index in [0.29, 0.717) is 18.4 Å².